The van der Waals surface area contributed by atoms with E-state index in [-0.39, 0.29) is 11.7 Å². The molecule has 0 saturated carbocycles. The first kappa shape index (κ1) is 20.9. The second-order valence-corrected chi connectivity index (χ2v) is 7.80. The fraction of sp³-hybridized carbons (Fsp3) is 0.286. The Morgan fingerprint density at radius 2 is 1.97 bits per heavy atom. The van der Waals surface area contributed by atoms with Gasteiger partial charge in [-0.3, -0.25) is 4.79 Å². The van der Waals surface area contributed by atoms with Crippen LogP contribution in [0, 0.1) is 12.7 Å². The van der Waals surface area contributed by atoms with Crippen LogP contribution >= 0.6 is 11.8 Å². The third-order valence-corrected chi connectivity index (χ3v) is 5.55. The van der Waals surface area contributed by atoms with Gasteiger partial charge in [0.15, 0.2) is 11.0 Å². The summed E-state index contributed by atoms with van der Waals surface area (Å²) in [6.07, 6.45) is 0. The number of methoxy groups -OCH3 is 1. The maximum absolute atomic E-state index is 13.7. The molecule has 0 radical (unpaired) electrons. The highest BCUT2D eigenvalue weighted by Gasteiger charge is 2.20. The van der Waals surface area contributed by atoms with Gasteiger partial charge in [-0.05, 0) is 62.7 Å². The Hall–Kier alpha value is -2.87. The number of rotatable bonds is 7. The predicted molar refractivity (Wildman–Crippen MR) is 113 cm³/mol. The van der Waals surface area contributed by atoms with Gasteiger partial charge in [0.25, 0.3) is 0 Å². The Morgan fingerprint density at radius 3 is 2.59 bits per heavy atom. The van der Waals surface area contributed by atoms with Crippen LogP contribution in [0.5, 0.6) is 5.75 Å². The van der Waals surface area contributed by atoms with Crippen molar-refractivity contribution >= 4 is 23.4 Å². The van der Waals surface area contributed by atoms with Crippen molar-refractivity contribution in [1.82, 2.24) is 14.8 Å². The van der Waals surface area contributed by atoms with Crippen molar-refractivity contribution in [3.63, 3.8) is 0 Å². The number of halogens is 1. The van der Waals surface area contributed by atoms with E-state index in [2.05, 4.69) is 15.5 Å². The Labute approximate surface area is 173 Å². The molecule has 1 atom stereocenters. The molecule has 0 saturated heterocycles. The number of anilines is 1. The van der Waals surface area contributed by atoms with Crippen molar-refractivity contribution in [2.24, 2.45) is 0 Å². The first-order chi connectivity index (χ1) is 13.9. The molecule has 8 heteroatoms. The number of nitrogens with zero attached hydrogens (tertiary/aromatic N) is 3. The number of aromatic nitrogens is 3. The molecule has 3 aromatic rings. The standard InChI is InChI=1S/C21H23FN4O2S/c1-5-26-19(15-7-10-17(28-4)11-8-15)24-25-21(26)29-14(3)20(27)23-16-9-6-13(2)18(22)12-16/h6-12,14H,5H2,1-4H3,(H,23,27)/t14-/m1/s1. The average Bonchev–Trinajstić information content (AvgIpc) is 3.13. The van der Waals surface area contributed by atoms with E-state index in [1.54, 1.807) is 33.1 Å². The highest BCUT2D eigenvalue weighted by molar-refractivity contribution is 8.00. The van der Waals surface area contributed by atoms with Crippen LogP contribution < -0.4 is 10.1 Å². The quantitative estimate of drug-likeness (QED) is 0.575. The van der Waals surface area contributed by atoms with Gasteiger partial charge in [0.05, 0.1) is 12.4 Å². The fourth-order valence-electron chi connectivity index (χ4n) is 2.74. The Balaban J connectivity index is 1.74. The van der Waals surface area contributed by atoms with Crippen LogP contribution in [0.3, 0.4) is 0 Å². The van der Waals surface area contributed by atoms with E-state index >= 15 is 0 Å². The summed E-state index contributed by atoms with van der Waals surface area (Å²) in [7, 11) is 1.62. The van der Waals surface area contributed by atoms with E-state index in [1.165, 1.54) is 17.8 Å². The minimum atomic E-state index is -0.433. The van der Waals surface area contributed by atoms with Crippen LogP contribution in [-0.4, -0.2) is 33.0 Å². The molecule has 0 aliphatic carbocycles. The van der Waals surface area contributed by atoms with Gasteiger partial charge in [-0.1, -0.05) is 17.8 Å². The molecular weight excluding hydrogens is 391 g/mol. The van der Waals surface area contributed by atoms with Crippen molar-refractivity contribution < 1.29 is 13.9 Å². The number of amides is 1. The number of aryl methyl sites for hydroxylation is 1. The molecule has 1 heterocycles. The normalized spacial score (nSPS) is 11.9. The van der Waals surface area contributed by atoms with Gasteiger partial charge in [-0.2, -0.15) is 0 Å². The molecule has 2 aromatic carbocycles. The summed E-state index contributed by atoms with van der Waals surface area (Å²) in [5.41, 5.74) is 1.88. The predicted octanol–water partition coefficient (Wildman–Crippen LogP) is 4.54. The molecule has 0 spiro atoms. The van der Waals surface area contributed by atoms with Crippen molar-refractivity contribution in [2.75, 3.05) is 12.4 Å². The summed E-state index contributed by atoms with van der Waals surface area (Å²) in [5.74, 6) is 0.919. The largest absolute Gasteiger partial charge is 0.497 e. The first-order valence-corrected chi connectivity index (χ1v) is 10.1. The number of carbonyl (C=O) groups excluding carboxylic acids is 1. The highest BCUT2D eigenvalue weighted by atomic mass is 32.2. The van der Waals surface area contributed by atoms with E-state index in [0.29, 0.717) is 23.0 Å². The van der Waals surface area contributed by atoms with Crippen LogP contribution in [0.1, 0.15) is 19.4 Å². The van der Waals surface area contributed by atoms with E-state index in [0.717, 1.165) is 17.1 Å². The number of hydrogen-bond acceptors (Lipinski definition) is 5. The van der Waals surface area contributed by atoms with E-state index in [4.69, 9.17) is 4.74 Å². The Kier molecular flexibility index (Phi) is 6.53. The minimum absolute atomic E-state index is 0.227. The van der Waals surface area contributed by atoms with Gasteiger partial charge in [0.1, 0.15) is 11.6 Å². The van der Waals surface area contributed by atoms with Crippen LogP contribution in [0.2, 0.25) is 0 Å². The molecule has 0 aliphatic rings. The van der Waals surface area contributed by atoms with Crippen LogP contribution in [0.25, 0.3) is 11.4 Å². The molecule has 0 bridgehead atoms. The number of benzene rings is 2. The summed E-state index contributed by atoms with van der Waals surface area (Å²) in [6, 6.07) is 12.2. The molecule has 3 rings (SSSR count). The van der Waals surface area contributed by atoms with Crippen LogP contribution in [0.15, 0.2) is 47.6 Å². The van der Waals surface area contributed by atoms with Crippen molar-refractivity contribution in [3.8, 4) is 17.1 Å². The van der Waals surface area contributed by atoms with Gasteiger partial charge in [-0.15, -0.1) is 10.2 Å². The molecule has 1 aromatic heterocycles. The van der Waals surface area contributed by atoms with Gasteiger partial charge in [0.2, 0.25) is 5.91 Å². The number of carbonyl (C=O) groups is 1. The number of nitrogens with one attached hydrogen (secondary N) is 1. The zero-order chi connectivity index (χ0) is 21.0. The first-order valence-electron chi connectivity index (χ1n) is 9.24. The lowest BCUT2D eigenvalue weighted by Gasteiger charge is -2.13. The van der Waals surface area contributed by atoms with Crippen LogP contribution in [-0.2, 0) is 11.3 Å². The lowest BCUT2D eigenvalue weighted by Crippen LogP contribution is -2.23. The summed E-state index contributed by atoms with van der Waals surface area (Å²) in [4.78, 5) is 12.5. The second kappa shape index (κ2) is 9.09. The summed E-state index contributed by atoms with van der Waals surface area (Å²) in [6.45, 7) is 6.12. The van der Waals surface area contributed by atoms with Crippen molar-refractivity contribution in [3.05, 3.63) is 53.8 Å². The molecule has 1 amide bonds. The minimum Gasteiger partial charge on any atom is -0.497 e. The molecule has 0 unspecified atom stereocenters. The fourth-order valence-corrected chi connectivity index (χ4v) is 3.65. The SMILES string of the molecule is CCn1c(S[C@H](C)C(=O)Nc2ccc(C)c(F)c2)nnc1-c1ccc(OC)cc1. The van der Waals surface area contributed by atoms with Gasteiger partial charge in [0, 0.05) is 17.8 Å². The van der Waals surface area contributed by atoms with E-state index < -0.39 is 5.25 Å². The smallest absolute Gasteiger partial charge is 0.237 e. The second-order valence-electron chi connectivity index (χ2n) is 6.49. The third kappa shape index (κ3) is 4.76. The maximum atomic E-state index is 13.7. The van der Waals surface area contributed by atoms with Crippen molar-refractivity contribution in [1.29, 1.82) is 0 Å². The van der Waals surface area contributed by atoms with Crippen LogP contribution in [0.4, 0.5) is 10.1 Å². The third-order valence-electron chi connectivity index (χ3n) is 4.47. The lowest BCUT2D eigenvalue weighted by atomic mass is 10.2. The molecule has 0 fully saturated rings. The number of hydrogen-bond donors (Lipinski definition) is 1. The molecule has 0 aliphatic heterocycles. The maximum Gasteiger partial charge on any atom is 0.237 e. The van der Waals surface area contributed by atoms with Gasteiger partial charge >= 0.3 is 0 Å². The zero-order valence-corrected chi connectivity index (χ0v) is 17.6. The molecule has 1 N–H and O–H groups in total. The number of thioether (sulfide) groups is 1. The summed E-state index contributed by atoms with van der Waals surface area (Å²) in [5, 5.41) is 11.5. The number of ether oxygens (including phenoxy) is 1. The lowest BCUT2D eigenvalue weighted by molar-refractivity contribution is -0.115. The van der Waals surface area contributed by atoms with Gasteiger partial charge in [-0.25, -0.2) is 4.39 Å². The zero-order valence-electron chi connectivity index (χ0n) is 16.8. The highest BCUT2D eigenvalue weighted by Crippen LogP contribution is 2.28. The Morgan fingerprint density at radius 1 is 1.24 bits per heavy atom. The molecule has 29 heavy (non-hydrogen) atoms. The van der Waals surface area contributed by atoms with Gasteiger partial charge < -0.3 is 14.6 Å². The molecule has 152 valence electrons. The molecular formula is C21H23FN4O2S. The summed E-state index contributed by atoms with van der Waals surface area (Å²) >= 11 is 1.31. The molecule has 6 nitrogen and oxygen atoms in total. The topological polar surface area (TPSA) is 69.0 Å². The van der Waals surface area contributed by atoms with Crippen molar-refractivity contribution in [2.45, 2.75) is 37.7 Å². The average molecular weight is 415 g/mol. The Bertz CT molecular complexity index is 1000. The monoisotopic (exact) mass is 414 g/mol. The van der Waals surface area contributed by atoms with E-state index in [1.807, 2.05) is 35.8 Å². The van der Waals surface area contributed by atoms with E-state index in [9.17, 15) is 9.18 Å². The summed E-state index contributed by atoms with van der Waals surface area (Å²) < 4.78 is 20.9.